The van der Waals surface area contributed by atoms with Gasteiger partial charge in [0.25, 0.3) is 0 Å². The molecule has 0 aromatic rings. The Balaban J connectivity index is -0.000000427. The summed E-state index contributed by atoms with van der Waals surface area (Å²) in [4.78, 5) is 0. The zero-order valence-corrected chi connectivity index (χ0v) is 15.5. The topological polar surface area (TPSA) is 0 Å². The molecule has 0 unspecified atom stereocenters. The molecule has 0 atom stereocenters. The average Bonchev–Trinajstić information content (AvgIpc) is 2.14. The summed E-state index contributed by atoms with van der Waals surface area (Å²) >= 11 is 0. The van der Waals surface area contributed by atoms with Gasteiger partial charge in [0.05, 0.1) is 54.9 Å². The monoisotopic (exact) mass is 330 g/mol. The molecule has 0 rings (SSSR count). The van der Waals surface area contributed by atoms with Crippen molar-refractivity contribution in [2.45, 2.75) is 52.9 Å². The van der Waals surface area contributed by atoms with E-state index in [-0.39, 0.29) is 32.2 Å². The minimum Gasteiger partial charge on any atom is -1.00 e. The van der Waals surface area contributed by atoms with Gasteiger partial charge in [-0.25, -0.2) is 0 Å². The molecule has 0 aromatic heterocycles. The van der Waals surface area contributed by atoms with Gasteiger partial charge in [-0.1, -0.05) is 33.6 Å². The van der Waals surface area contributed by atoms with E-state index < -0.39 is 0 Å². The molecule has 0 aliphatic carbocycles. The fourth-order valence-electron chi connectivity index (χ4n) is 2.23. The molecule has 0 saturated heterocycles. The lowest BCUT2D eigenvalue weighted by Gasteiger charge is -2.31. The minimum absolute atomic E-state index is 0. The first kappa shape index (κ1) is 28.6. The van der Waals surface area contributed by atoms with E-state index in [1.807, 2.05) is 0 Å². The van der Waals surface area contributed by atoms with Crippen LogP contribution in [0.1, 0.15) is 52.9 Å². The molecule has 0 aliphatic heterocycles. The van der Waals surface area contributed by atoms with E-state index in [2.05, 4.69) is 42.2 Å². The van der Waals surface area contributed by atoms with Crippen molar-refractivity contribution in [1.82, 2.24) is 0 Å². The maximum Gasteiger partial charge on any atom is 0.0836 e. The predicted molar refractivity (Wildman–Crippen MR) is 84.8 cm³/mol. The summed E-state index contributed by atoms with van der Waals surface area (Å²) in [7, 11) is 11.6. The van der Waals surface area contributed by atoms with Crippen LogP contribution in [0.15, 0.2) is 0 Å². The summed E-state index contributed by atoms with van der Waals surface area (Å²) in [6.45, 7) is 6.24. The van der Waals surface area contributed by atoms with E-state index in [0.717, 1.165) is 4.48 Å². The van der Waals surface area contributed by atoms with Crippen molar-refractivity contribution in [3.8, 4) is 0 Å². The Morgan fingerprint density at radius 3 is 1.50 bits per heavy atom. The van der Waals surface area contributed by atoms with Crippen molar-refractivity contribution >= 4 is 0 Å². The molecule has 4 heteroatoms. The van der Waals surface area contributed by atoms with Gasteiger partial charge in [0.2, 0.25) is 0 Å². The van der Waals surface area contributed by atoms with Crippen molar-refractivity contribution < 1.29 is 33.8 Å². The molecule has 0 aliphatic rings. The first-order valence-corrected chi connectivity index (χ1v) is 7.39. The van der Waals surface area contributed by atoms with Crippen molar-refractivity contribution in [3.05, 3.63) is 0 Å². The standard InChI is InChI=1S/C15H36N2.CH4.2ClH/c1-7-8-9-10-11-14-17(5,6)15-12-13-16(2,3)4;;;/h7-15H2,1-6H3;1H4;2*1H/q+2;;;/p-2. The summed E-state index contributed by atoms with van der Waals surface area (Å²) in [5.41, 5.74) is 0. The van der Waals surface area contributed by atoms with Gasteiger partial charge in [0.1, 0.15) is 0 Å². The number of quaternary nitrogens is 2. The zero-order chi connectivity index (χ0) is 13.4. The molecule has 0 heterocycles. The van der Waals surface area contributed by atoms with E-state index in [4.69, 9.17) is 0 Å². The zero-order valence-electron chi connectivity index (χ0n) is 14.0. The lowest BCUT2D eigenvalue weighted by molar-refractivity contribution is -0.902. The van der Waals surface area contributed by atoms with Gasteiger partial charge in [-0.2, -0.15) is 0 Å². The number of hydrogen-bond acceptors (Lipinski definition) is 0. The van der Waals surface area contributed by atoms with Gasteiger partial charge in [0.15, 0.2) is 0 Å². The van der Waals surface area contributed by atoms with Crippen molar-refractivity contribution in [2.24, 2.45) is 0 Å². The van der Waals surface area contributed by atoms with Gasteiger partial charge in [-0.15, -0.1) is 0 Å². The van der Waals surface area contributed by atoms with Gasteiger partial charge in [-0.3, -0.25) is 0 Å². The molecular weight excluding hydrogens is 291 g/mol. The molecule has 0 spiro atoms. The van der Waals surface area contributed by atoms with Crippen LogP contribution in [0, 0.1) is 0 Å². The summed E-state index contributed by atoms with van der Waals surface area (Å²) < 4.78 is 2.29. The number of rotatable bonds is 10. The molecule has 0 aromatic carbocycles. The molecule has 0 bridgehead atoms. The van der Waals surface area contributed by atoms with Crippen LogP contribution in [0.2, 0.25) is 0 Å². The Morgan fingerprint density at radius 2 is 1.05 bits per heavy atom. The Bertz CT molecular complexity index is 189. The van der Waals surface area contributed by atoms with E-state index in [0.29, 0.717) is 0 Å². The third-order valence-corrected chi connectivity index (χ3v) is 3.46. The number of nitrogens with zero attached hydrogens (tertiary/aromatic N) is 2. The van der Waals surface area contributed by atoms with Crippen LogP contribution in [0.3, 0.4) is 0 Å². The van der Waals surface area contributed by atoms with Crippen molar-refractivity contribution in [1.29, 1.82) is 0 Å². The Hall–Kier alpha value is 0.500. The predicted octanol–water partition coefficient (Wildman–Crippen LogP) is -2.23. The van der Waals surface area contributed by atoms with Crippen molar-refractivity contribution in [3.63, 3.8) is 0 Å². The first-order valence-electron chi connectivity index (χ1n) is 7.39. The second kappa shape index (κ2) is 14.4. The third-order valence-electron chi connectivity index (χ3n) is 3.46. The SMILES string of the molecule is C.CCCCCCC[N+](C)(C)CCC[N+](C)(C)C.[Cl-].[Cl-]. The number of unbranched alkanes of at least 4 members (excludes halogenated alkanes) is 4. The Morgan fingerprint density at radius 1 is 0.600 bits per heavy atom. The average molecular weight is 331 g/mol. The lowest BCUT2D eigenvalue weighted by Crippen LogP contribution is -3.00. The van der Waals surface area contributed by atoms with Crippen LogP contribution >= 0.6 is 0 Å². The van der Waals surface area contributed by atoms with E-state index in [9.17, 15) is 0 Å². The van der Waals surface area contributed by atoms with Crippen LogP contribution in [0.5, 0.6) is 0 Å². The van der Waals surface area contributed by atoms with Crippen LogP contribution < -0.4 is 24.8 Å². The molecule has 0 N–H and O–H groups in total. The maximum atomic E-state index is 2.38. The minimum atomic E-state index is 0. The second-order valence-corrected chi connectivity index (χ2v) is 7.16. The lowest BCUT2D eigenvalue weighted by atomic mass is 10.1. The molecule has 0 radical (unpaired) electrons. The summed E-state index contributed by atoms with van der Waals surface area (Å²) in [5, 5.41) is 0. The van der Waals surface area contributed by atoms with Crippen LogP contribution in [0.25, 0.3) is 0 Å². The van der Waals surface area contributed by atoms with E-state index in [1.54, 1.807) is 0 Å². The fraction of sp³-hybridized carbons (Fsp3) is 1.00. The van der Waals surface area contributed by atoms with Gasteiger partial charge >= 0.3 is 0 Å². The summed E-state index contributed by atoms with van der Waals surface area (Å²) in [5.74, 6) is 0. The highest BCUT2D eigenvalue weighted by Gasteiger charge is 2.16. The molecular formula is C16H40Cl2N2. The molecule has 2 nitrogen and oxygen atoms in total. The molecule has 0 amide bonds. The number of halogens is 2. The summed E-state index contributed by atoms with van der Waals surface area (Å²) in [6.07, 6.45) is 8.35. The van der Waals surface area contributed by atoms with Gasteiger partial charge in [0, 0.05) is 6.42 Å². The first-order chi connectivity index (χ1) is 7.77. The number of hydrogen-bond donors (Lipinski definition) is 0. The summed E-state index contributed by atoms with van der Waals surface area (Å²) in [6, 6.07) is 0. The fourth-order valence-corrected chi connectivity index (χ4v) is 2.23. The maximum absolute atomic E-state index is 2.38. The highest BCUT2D eigenvalue weighted by atomic mass is 35.5. The largest absolute Gasteiger partial charge is 1.00 e. The molecule has 128 valence electrons. The molecule has 0 fully saturated rings. The highest BCUT2D eigenvalue weighted by Crippen LogP contribution is 2.08. The smallest absolute Gasteiger partial charge is 0.0836 e. The van der Waals surface area contributed by atoms with Crippen molar-refractivity contribution in [2.75, 3.05) is 54.9 Å². The molecule has 0 saturated carbocycles. The Labute approximate surface area is 141 Å². The highest BCUT2D eigenvalue weighted by molar-refractivity contribution is 4.43. The Kier molecular flexibility index (Phi) is 20.7. The van der Waals surface area contributed by atoms with Crippen LogP contribution in [-0.2, 0) is 0 Å². The second-order valence-electron chi connectivity index (χ2n) is 7.16. The van der Waals surface area contributed by atoms with Gasteiger partial charge in [-0.05, 0) is 12.8 Å². The quantitative estimate of drug-likeness (QED) is 0.314. The van der Waals surface area contributed by atoms with Crippen LogP contribution in [-0.4, -0.2) is 63.8 Å². The molecule has 20 heavy (non-hydrogen) atoms. The van der Waals surface area contributed by atoms with E-state index in [1.165, 1.54) is 62.6 Å². The van der Waals surface area contributed by atoms with Gasteiger partial charge < -0.3 is 33.8 Å². The normalized spacial score (nSPS) is 11.1. The van der Waals surface area contributed by atoms with E-state index >= 15 is 0 Å². The third kappa shape index (κ3) is 20.8. The van der Waals surface area contributed by atoms with Crippen LogP contribution in [0.4, 0.5) is 0 Å².